The average Bonchev–Trinajstić information content (AvgIpc) is 2.98. The van der Waals surface area contributed by atoms with Crippen LogP contribution in [0.3, 0.4) is 0 Å². The molecule has 2 heterocycles. The summed E-state index contributed by atoms with van der Waals surface area (Å²) in [5, 5.41) is 7.52. The lowest BCUT2D eigenvalue weighted by Crippen LogP contribution is -2.25. The Labute approximate surface area is 117 Å². The van der Waals surface area contributed by atoms with Gasteiger partial charge in [-0.1, -0.05) is 0 Å². The molecule has 0 atom stereocenters. The molecule has 0 radical (unpaired) electrons. The van der Waals surface area contributed by atoms with E-state index in [1.54, 1.807) is 18.4 Å². The predicted molar refractivity (Wildman–Crippen MR) is 74.1 cm³/mol. The van der Waals surface area contributed by atoms with Gasteiger partial charge in [-0.15, -0.1) is 11.3 Å². The van der Waals surface area contributed by atoms with Gasteiger partial charge < -0.3 is 15.1 Å². The van der Waals surface area contributed by atoms with Gasteiger partial charge in [0.15, 0.2) is 0 Å². The Morgan fingerprint density at radius 3 is 3.06 bits per heavy atom. The van der Waals surface area contributed by atoms with Gasteiger partial charge in [-0.05, 0) is 39.4 Å². The van der Waals surface area contributed by atoms with Crippen LogP contribution in [0.25, 0.3) is 0 Å². The van der Waals surface area contributed by atoms with Gasteiger partial charge in [-0.3, -0.25) is 4.79 Å². The fourth-order valence-electron chi connectivity index (χ4n) is 1.39. The van der Waals surface area contributed by atoms with E-state index in [4.69, 9.17) is 4.42 Å². The van der Waals surface area contributed by atoms with Crippen LogP contribution in [0.1, 0.15) is 16.1 Å². The highest BCUT2D eigenvalue weighted by Crippen LogP contribution is 2.23. The highest BCUT2D eigenvalue weighted by Gasteiger charge is 2.11. The average molecular weight is 330 g/mol. The van der Waals surface area contributed by atoms with Crippen molar-refractivity contribution in [3.63, 3.8) is 0 Å². The summed E-state index contributed by atoms with van der Waals surface area (Å²) in [5.74, 6) is -0.0425. The fraction of sp³-hybridized carbons (Fsp3) is 0.273. The molecular weight excluding hydrogens is 318 g/mol. The van der Waals surface area contributed by atoms with Crippen LogP contribution in [0.5, 0.6) is 0 Å². The topological polar surface area (TPSA) is 67.2 Å². The number of aromatic nitrogens is 1. The van der Waals surface area contributed by atoms with E-state index in [-0.39, 0.29) is 11.7 Å². The van der Waals surface area contributed by atoms with E-state index in [2.05, 4.69) is 31.5 Å². The number of hydrogen-bond donors (Lipinski definition) is 2. The zero-order valence-electron chi connectivity index (χ0n) is 9.70. The number of nitrogens with zero attached hydrogens (tertiary/aromatic N) is 1. The van der Waals surface area contributed by atoms with Crippen molar-refractivity contribution in [1.82, 2.24) is 10.3 Å². The van der Waals surface area contributed by atoms with E-state index in [0.29, 0.717) is 12.6 Å². The molecule has 0 bridgehead atoms. The second-order valence-electron chi connectivity index (χ2n) is 3.51. The molecule has 0 aliphatic rings. The largest absolute Gasteiger partial charge is 0.418 e. The lowest BCUT2D eigenvalue weighted by Gasteiger charge is -2.02. The second kappa shape index (κ2) is 6.01. The van der Waals surface area contributed by atoms with Crippen molar-refractivity contribution in [2.75, 3.05) is 18.9 Å². The van der Waals surface area contributed by atoms with Crippen LogP contribution in [-0.2, 0) is 6.42 Å². The first-order chi connectivity index (χ1) is 8.70. The van der Waals surface area contributed by atoms with Crippen LogP contribution in [-0.4, -0.2) is 24.5 Å². The zero-order valence-corrected chi connectivity index (χ0v) is 12.1. The maximum Gasteiger partial charge on any atom is 0.294 e. The van der Waals surface area contributed by atoms with Crippen molar-refractivity contribution < 1.29 is 9.21 Å². The zero-order chi connectivity index (χ0) is 13.0. The molecule has 0 fully saturated rings. The number of amides is 1. The summed E-state index contributed by atoms with van der Waals surface area (Å²) in [6, 6.07) is 2.37. The number of carbonyl (C=O) groups excluding carboxylic acids is 1. The molecule has 7 heteroatoms. The summed E-state index contributed by atoms with van der Waals surface area (Å²) in [5.41, 5.74) is 1.19. The SMILES string of the molecule is CNc1ncc(C(=O)NCCc2ccsc2Br)o1. The summed E-state index contributed by atoms with van der Waals surface area (Å²) >= 11 is 5.09. The number of hydrogen-bond acceptors (Lipinski definition) is 5. The van der Waals surface area contributed by atoms with Gasteiger partial charge in [0.2, 0.25) is 5.76 Å². The molecule has 0 aliphatic heterocycles. The van der Waals surface area contributed by atoms with Crippen molar-refractivity contribution in [1.29, 1.82) is 0 Å². The number of oxazole rings is 1. The minimum absolute atomic E-state index is 0.212. The molecule has 2 aromatic heterocycles. The molecule has 0 saturated carbocycles. The van der Waals surface area contributed by atoms with Gasteiger partial charge in [0.25, 0.3) is 11.9 Å². The third-order valence-electron chi connectivity index (χ3n) is 2.32. The summed E-state index contributed by atoms with van der Waals surface area (Å²) in [6.07, 6.45) is 2.19. The number of anilines is 1. The van der Waals surface area contributed by atoms with E-state index in [0.717, 1.165) is 10.2 Å². The standard InChI is InChI=1S/C11H12BrN3O2S/c1-13-11-15-6-8(17-11)10(16)14-4-2-7-3-5-18-9(7)12/h3,5-6H,2,4H2,1H3,(H,13,15)(H,14,16). The monoisotopic (exact) mass is 329 g/mol. The second-order valence-corrected chi connectivity index (χ2v) is 5.74. The Bertz CT molecular complexity index is 538. The third-order valence-corrected chi connectivity index (χ3v) is 4.13. The molecule has 18 heavy (non-hydrogen) atoms. The Kier molecular flexibility index (Phi) is 4.38. The normalized spacial score (nSPS) is 10.3. The van der Waals surface area contributed by atoms with Crippen molar-refractivity contribution >= 4 is 39.2 Å². The maximum atomic E-state index is 11.7. The molecule has 0 unspecified atom stereocenters. The van der Waals surface area contributed by atoms with Gasteiger partial charge >= 0.3 is 0 Å². The van der Waals surface area contributed by atoms with Crippen molar-refractivity contribution in [3.8, 4) is 0 Å². The molecule has 2 rings (SSSR count). The quantitative estimate of drug-likeness (QED) is 0.884. The Balaban J connectivity index is 1.83. The van der Waals surface area contributed by atoms with Crippen LogP contribution < -0.4 is 10.6 Å². The Morgan fingerprint density at radius 2 is 2.44 bits per heavy atom. The molecule has 2 N–H and O–H groups in total. The molecule has 2 aromatic rings. The summed E-state index contributed by atoms with van der Waals surface area (Å²) in [7, 11) is 1.68. The number of rotatable bonds is 5. The summed E-state index contributed by atoms with van der Waals surface area (Å²) < 4.78 is 6.27. The first-order valence-electron chi connectivity index (χ1n) is 5.34. The maximum absolute atomic E-state index is 11.7. The lowest BCUT2D eigenvalue weighted by molar-refractivity contribution is 0.0927. The molecule has 0 saturated heterocycles. The van der Waals surface area contributed by atoms with Crippen molar-refractivity contribution in [2.24, 2.45) is 0 Å². The van der Waals surface area contributed by atoms with Crippen LogP contribution in [0, 0.1) is 0 Å². The minimum atomic E-state index is -0.254. The molecule has 1 amide bonds. The molecular formula is C11H12BrN3O2S. The lowest BCUT2D eigenvalue weighted by atomic mass is 10.2. The molecule has 0 spiro atoms. The fourth-order valence-corrected chi connectivity index (χ4v) is 2.72. The third kappa shape index (κ3) is 3.11. The van der Waals surface area contributed by atoms with E-state index < -0.39 is 0 Å². The van der Waals surface area contributed by atoms with Crippen molar-refractivity contribution in [3.05, 3.63) is 32.8 Å². The Morgan fingerprint density at radius 1 is 1.61 bits per heavy atom. The first-order valence-corrected chi connectivity index (χ1v) is 7.01. The van der Waals surface area contributed by atoms with E-state index >= 15 is 0 Å². The highest BCUT2D eigenvalue weighted by atomic mass is 79.9. The van der Waals surface area contributed by atoms with Gasteiger partial charge in [0, 0.05) is 13.6 Å². The van der Waals surface area contributed by atoms with Gasteiger partial charge in [0.1, 0.15) is 0 Å². The summed E-state index contributed by atoms with van der Waals surface area (Å²) in [4.78, 5) is 15.6. The van der Waals surface area contributed by atoms with Crippen molar-refractivity contribution in [2.45, 2.75) is 6.42 Å². The van der Waals surface area contributed by atoms with Gasteiger partial charge in [0.05, 0.1) is 9.98 Å². The predicted octanol–water partition coefficient (Wildman–Crippen LogP) is 2.51. The first kappa shape index (κ1) is 13.1. The molecule has 96 valence electrons. The Hall–Kier alpha value is -1.34. The number of nitrogens with one attached hydrogen (secondary N) is 2. The van der Waals surface area contributed by atoms with Crippen LogP contribution in [0.2, 0.25) is 0 Å². The van der Waals surface area contributed by atoms with E-state index in [1.165, 1.54) is 11.8 Å². The van der Waals surface area contributed by atoms with Gasteiger partial charge in [-0.2, -0.15) is 0 Å². The summed E-state index contributed by atoms with van der Waals surface area (Å²) in [6.45, 7) is 0.559. The minimum Gasteiger partial charge on any atom is -0.418 e. The van der Waals surface area contributed by atoms with Crippen LogP contribution in [0.15, 0.2) is 25.8 Å². The molecule has 0 aliphatic carbocycles. The number of halogens is 1. The van der Waals surface area contributed by atoms with E-state index in [1.807, 2.05) is 11.4 Å². The number of thiophene rings is 1. The molecule has 5 nitrogen and oxygen atoms in total. The van der Waals surface area contributed by atoms with E-state index in [9.17, 15) is 4.79 Å². The number of carbonyl (C=O) groups is 1. The van der Waals surface area contributed by atoms with Crippen LogP contribution in [0.4, 0.5) is 6.01 Å². The van der Waals surface area contributed by atoms with Crippen LogP contribution >= 0.6 is 27.3 Å². The molecule has 0 aromatic carbocycles. The highest BCUT2D eigenvalue weighted by molar-refractivity contribution is 9.11. The smallest absolute Gasteiger partial charge is 0.294 e. The van der Waals surface area contributed by atoms with Gasteiger partial charge in [-0.25, -0.2) is 4.98 Å².